The number of aromatic nitrogens is 2. The van der Waals surface area contributed by atoms with Crippen molar-refractivity contribution in [3.05, 3.63) is 87.3 Å². The van der Waals surface area contributed by atoms with Crippen molar-refractivity contribution in [1.82, 2.24) is 9.55 Å². The van der Waals surface area contributed by atoms with Crippen molar-refractivity contribution in [2.75, 3.05) is 7.11 Å². The molecule has 4 rings (SSSR count). The molecule has 2 aromatic heterocycles. The maximum absolute atomic E-state index is 14.2. The van der Waals surface area contributed by atoms with Gasteiger partial charge in [0, 0.05) is 11.3 Å². The SMILES string of the molecule is COc1cccc(CSc2nc3ccsc3c(=O)n2Cc2ccccc2F)c1. The Kier molecular flexibility index (Phi) is 5.45. The topological polar surface area (TPSA) is 44.1 Å². The van der Waals surface area contributed by atoms with Gasteiger partial charge < -0.3 is 4.74 Å². The minimum atomic E-state index is -0.329. The highest BCUT2D eigenvalue weighted by Crippen LogP contribution is 2.26. The highest BCUT2D eigenvalue weighted by Gasteiger charge is 2.15. The molecule has 0 aliphatic rings. The Balaban J connectivity index is 1.71. The molecule has 0 aliphatic carbocycles. The van der Waals surface area contributed by atoms with E-state index < -0.39 is 0 Å². The van der Waals surface area contributed by atoms with Gasteiger partial charge >= 0.3 is 0 Å². The van der Waals surface area contributed by atoms with Crippen LogP contribution in [0.4, 0.5) is 4.39 Å². The summed E-state index contributed by atoms with van der Waals surface area (Å²) in [6.45, 7) is 0.146. The van der Waals surface area contributed by atoms with Crippen LogP contribution in [0.1, 0.15) is 11.1 Å². The zero-order valence-corrected chi connectivity index (χ0v) is 16.7. The number of benzene rings is 2. The van der Waals surface area contributed by atoms with Gasteiger partial charge in [-0.15, -0.1) is 11.3 Å². The van der Waals surface area contributed by atoms with E-state index in [2.05, 4.69) is 4.98 Å². The van der Waals surface area contributed by atoms with E-state index >= 15 is 0 Å². The molecule has 7 heteroatoms. The van der Waals surface area contributed by atoms with Gasteiger partial charge in [-0.25, -0.2) is 9.37 Å². The molecule has 4 nitrogen and oxygen atoms in total. The van der Waals surface area contributed by atoms with Gasteiger partial charge in [-0.1, -0.05) is 42.1 Å². The second-order valence-electron chi connectivity index (χ2n) is 6.15. The molecule has 0 N–H and O–H groups in total. The smallest absolute Gasteiger partial charge is 0.272 e. The maximum atomic E-state index is 14.2. The molecule has 28 heavy (non-hydrogen) atoms. The van der Waals surface area contributed by atoms with Crippen LogP contribution >= 0.6 is 23.1 Å². The van der Waals surface area contributed by atoms with E-state index in [1.807, 2.05) is 35.7 Å². The van der Waals surface area contributed by atoms with Crippen LogP contribution in [-0.4, -0.2) is 16.7 Å². The van der Waals surface area contributed by atoms with Crippen LogP contribution in [0.25, 0.3) is 10.2 Å². The minimum Gasteiger partial charge on any atom is -0.497 e. The van der Waals surface area contributed by atoms with Gasteiger partial charge in [0.2, 0.25) is 0 Å². The number of halogens is 1. The Hall–Kier alpha value is -2.64. The first-order valence-corrected chi connectivity index (χ1v) is 10.5. The molecule has 0 aliphatic heterocycles. The summed E-state index contributed by atoms with van der Waals surface area (Å²) in [6, 6.07) is 16.1. The summed E-state index contributed by atoms with van der Waals surface area (Å²) in [6.07, 6.45) is 0. The molecule has 2 aromatic carbocycles. The van der Waals surface area contributed by atoms with Crippen molar-refractivity contribution in [3.63, 3.8) is 0 Å². The van der Waals surface area contributed by atoms with Crippen molar-refractivity contribution in [1.29, 1.82) is 0 Å². The number of fused-ring (bicyclic) bond motifs is 1. The maximum Gasteiger partial charge on any atom is 0.272 e. The number of thioether (sulfide) groups is 1. The Bertz CT molecular complexity index is 1190. The molecular weight excluding hydrogens is 395 g/mol. The number of hydrogen-bond donors (Lipinski definition) is 0. The second kappa shape index (κ2) is 8.16. The third-order valence-electron chi connectivity index (χ3n) is 4.32. The van der Waals surface area contributed by atoms with Crippen molar-refractivity contribution < 1.29 is 9.13 Å². The molecule has 2 heterocycles. The monoisotopic (exact) mass is 412 g/mol. The summed E-state index contributed by atoms with van der Waals surface area (Å²) in [5.41, 5.74) is 2.05. The molecule has 0 radical (unpaired) electrons. The molecule has 142 valence electrons. The summed E-state index contributed by atoms with van der Waals surface area (Å²) < 4.78 is 21.6. The van der Waals surface area contributed by atoms with E-state index in [4.69, 9.17) is 4.74 Å². The van der Waals surface area contributed by atoms with E-state index in [1.54, 1.807) is 29.9 Å². The Morgan fingerprint density at radius 1 is 1.18 bits per heavy atom. The number of methoxy groups -OCH3 is 1. The minimum absolute atomic E-state index is 0.142. The molecule has 4 aromatic rings. The van der Waals surface area contributed by atoms with Crippen LogP contribution in [0.2, 0.25) is 0 Å². The van der Waals surface area contributed by atoms with Gasteiger partial charge in [-0.05, 0) is 35.2 Å². The number of hydrogen-bond acceptors (Lipinski definition) is 5. The highest BCUT2D eigenvalue weighted by molar-refractivity contribution is 7.98. The lowest BCUT2D eigenvalue weighted by Crippen LogP contribution is -2.23. The first-order chi connectivity index (χ1) is 13.7. The summed E-state index contributed by atoms with van der Waals surface area (Å²) in [5, 5.41) is 2.42. The molecule has 0 amide bonds. The van der Waals surface area contributed by atoms with Crippen LogP contribution in [0.3, 0.4) is 0 Å². The van der Waals surface area contributed by atoms with Crippen LogP contribution in [0.5, 0.6) is 5.75 Å². The molecule has 0 bridgehead atoms. The average molecular weight is 413 g/mol. The number of nitrogens with zero attached hydrogens (tertiary/aromatic N) is 2. The molecule has 0 unspecified atom stereocenters. The lowest BCUT2D eigenvalue weighted by atomic mass is 10.2. The highest BCUT2D eigenvalue weighted by atomic mass is 32.2. The van der Waals surface area contributed by atoms with Gasteiger partial charge in [0.15, 0.2) is 5.16 Å². The summed E-state index contributed by atoms with van der Waals surface area (Å²) >= 11 is 2.81. The zero-order valence-electron chi connectivity index (χ0n) is 15.1. The number of rotatable bonds is 6. The predicted molar refractivity (Wildman–Crippen MR) is 112 cm³/mol. The fourth-order valence-corrected chi connectivity index (χ4v) is 4.60. The van der Waals surface area contributed by atoms with Crippen molar-refractivity contribution >= 4 is 33.3 Å². The largest absolute Gasteiger partial charge is 0.497 e. The van der Waals surface area contributed by atoms with Crippen LogP contribution in [0, 0.1) is 5.82 Å². The summed E-state index contributed by atoms with van der Waals surface area (Å²) in [4.78, 5) is 17.7. The fourth-order valence-electron chi connectivity index (χ4n) is 2.88. The number of ether oxygens (including phenoxy) is 1. The van der Waals surface area contributed by atoms with Gasteiger partial charge in [0.1, 0.15) is 16.3 Å². The Morgan fingerprint density at radius 3 is 2.86 bits per heavy atom. The van der Waals surface area contributed by atoms with Crippen LogP contribution < -0.4 is 10.3 Å². The third kappa shape index (κ3) is 3.81. The normalized spacial score (nSPS) is 11.1. The fraction of sp³-hybridized carbons (Fsp3) is 0.143. The average Bonchev–Trinajstić information content (AvgIpc) is 3.19. The number of thiophene rings is 1. The second-order valence-corrected chi connectivity index (χ2v) is 8.01. The quantitative estimate of drug-likeness (QED) is 0.332. The van der Waals surface area contributed by atoms with E-state index in [0.717, 1.165) is 11.3 Å². The molecule has 0 spiro atoms. The standard InChI is InChI=1S/C21H17FN2O2S2/c1-26-16-7-4-5-14(11-16)13-28-21-23-18-9-10-27-19(18)20(25)24(21)12-15-6-2-3-8-17(15)22/h2-11H,12-13H2,1H3. The van der Waals surface area contributed by atoms with Crippen molar-refractivity contribution in [2.45, 2.75) is 17.5 Å². The summed E-state index contributed by atoms with van der Waals surface area (Å²) in [7, 11) is 1.63. The van der Waals surface area contributed by atoms with E-state index in [1.165, 1.54) is 29.2 Å². The molecule has 0 saturated heterocycles. The lowest BCUT2D eigenvalue weighted by molar-refractivity contribution is 0.414. The predicted octanol–water partition coefficient (Wildman–Crippen LogP) is 4.95. The zero-order chi connectivity index (χ0) is 19.5. The van der Waals surface area contributed by atoms with Crippen LogP contribution in [-0.2, 0) is 12.3 Å². The van der Waals surface area contributed by atoms with E-state index in [-0.39, 0.29) is 17.9 Å². The first-order valence-electron chi connectivity index (χ1n) is 8.63. The molecular formula is C21H17FN2O2S2. The van der Waals surface area contributed by atoms with Gasteiger partial charge in [-0.2, -0.15) is 0 Å². The van der Waals surface area contributed by atoms with E-state index in [9.17, 15) is 9.18 Å². The first kappa shape index (κ1) is 18.7. The van der Waals surface area contributed by atoms with Crippen molar-refractivity contribution in [2.24, 2.45) is 0 Å². The van der Waals surface area contributed by atoms with Crippen molar-refractivity contribution in [3.8, 4) is 5.75 Å². The Morgan fingerprint density at radius 2 is 2.04 bits per heavy atom. The van der Waals surface area contributed by atoms with Gasteiger partial charge in [-0.3, -0.25) is 9.36 Å². The van der Waals surface area contributed by atoms with E-state index in [0.29, 0.717) is 26.7 Å². The summed E-state index contributed by atoms with van der Waals surface area (Å²) in [5.74, 6) is 1.07. The lowest BCUT2D eigenvalue weighted by Gasteiger charge is -2.13. The Labute approximate surface area is 169 Å². The molecule has 0 atom stereocenters. The van der Waals surface area contributed by atoms with Gasteiger partial charge in [0.25, 0.3) is 5.56 Å². The van der Waals surface area contributed by atoms with Crippen LogP contribution in [0.15, 0.2) is 69.9 Å². The third-order valence-corrected chi connectivity index (χ3v) is 6.26. The molecule has 0 fully saturated rings. The van der Waals surface area contributed by atoms with Gasteiger partial charge in [0.05, 0.1) is 19.2 Å². The molecule has 0 saturated carbocycles.